The number of hydrogen-bond acceptors (Lipinski definition) is 7. The highest BCUT2D eigenvalue weighted by Crippen LogP contribution is 2.34. The summed E-state index contributed by atoms with van der Waals surface area (Å²) in [5.74, 6) is -2.13. The molecule has 0 bridgehead atoms. The molecule has 1 saturated heterocycles. The van der Waals surface area contributed by atoms with Gasteiger partial charge in [0.15, 0.2) is 0 Å². The molecular formula is C34H27N3O6S. The molecule has 0 aromatic heterocycles. The Morgan fingerprint density at radius 3 is 2.09 bits per heavy atom. The van der Waals surface area contributed by atoms with Crippen molar-refractivity contribution in [3.8, 4) is 0 Å². The van der Waals surface area contributed by atoms with Gasteiger partial charge in [0, 0.05) is 22.6 Å². The first kappa shape index (κ1) is 30.0. The van der Waals surface area contributed by atoms with Crippen molar-refractivity contribution in [2.75, 3.05) is 17.3 Å². The lowest BCUT2D eigenvalue weighted by molar-refractivity contribution is -0.121. The number of nitrogens with zero attached hydrogens (tertiary/aromatic N) is 1. The standard InChI is InChI=1S/C34H27N3O6S/c1-43-34(42)24-12-16-26(17-13-24)37-30(38)21-29(33(37)41)44-27-18-14-25(15-19-27)35-32(40)28(20-22-8-4-2-5-9-22)36-31(39)23-10-6-3-7-11-23/h2-20,29H,21H2,1H3,(H,35,40)(H,36,39)/b28-20-. The Morgan fingerprint density at radius 1 is 0.818 bits per heavy atom. The summed E-state index contributed by atoms with van der Waals surface area (Å²) in [7, 11) is 1.28. The first-order chi connectivity index (χ1) is 21.3. The Kier molecular flexibility index (Phi) is 9.31. The Balaban J connectivity index is 1.25. The number of nitrogens with one attached hydrogen (secondary N) is 2. The zero-order valence-corrected chi connectivity index (χ0v) is 24.4. The molecule has 2 N–H and O–H groups in total. The molecule has 1 unspecified atom stereocenters. The number of carbonyl (C=O) groups excluding carboxylic acids is 5. The molecule has 4 aromatic rings. The Bertz CT molecular complexity index is 1720. The van der Waals surface area contributed by atoms with Crippen molar-refractivity contribution >= 4 is 58.8 Å². The van der Waals surface area contributed by atoms with Crippen LogP contribution in [0.3, 0.4) is 0 Å². The van der Waals surface area contributed by atoms with Gasteiger partial charge in [-0.05, 0) is 72.3 Å². The van der Waals surface area contributed by atoms with Gasteiger partial charge in [-0.1, -0.05) is 48.5 Å². The Hall–Kier alpha value is -5.48. The van der Waals surface area contributed by atoms with Crippen LogP contribution >= 0.6 is 11.8 Å². The Morgan fingerprint density at radius 2 is 1.45 bits per heavy atom. The van der Waals surface area contributed by atoms with Crippen molar-refractivity contribution in [3.63, 3.8) is 0 Å². The molecule has 44 heavy (non-hydrogen) atoms. The van der Waals surface area contributed by atoms with Crippen LogP contribution < -0.4 is 15.5 Å². The number of thioether (sulfide) groups is 1. The summed E-state index contributed by atoms with van der Waals surface area (Å²) in [6.07, 6.45) is 1.62. The average molecular weight is 606 g/mol. The summed E-state index contributed by atoms with van der Waals surface area (Å²) in [5.41, 5.74) is 2.40. The molecule has 0 radical (unpaired) electrons. The van der Waals surface area contributed by atoms with Crippen molar-refractivity contribution in [1.82, 2.24) is 5.32 Å². The van der Waals surface area contributed by atoms with Crippen LogP contribution in [-0.2, 0) is 19.1 Å². The second-order valence-corrected chi connectivity index (χ2v) is 11.0. The molecule has 4 aromatic carbocycles. The normalized spacial score (nSPS) is 14.7. The predicted octanol–water partition coefficient (Wildman–Crippen LogP) is 5.31. The first-order valence-corrected chi connectivity index (χ1v) is 14.5. The largest absolute Gasteiger partial charge is 0.465 e. The van der Waals surface area contributed by atoms with Crippen molar-refractivity contribution in [1.29, 1.82) is 0 Å². The number of carbonyl (C=O) groups is 5. The van der Waals surface area contributed by atoms with Gasteiger partial charge in [0.2, 0.25) is 11.8 Å². The van der Waals surface area contributed by atoms with Crippen LogP contribution in [-0.4, -0.2) is 42.0 Å². The minimum absolute atomic E-state index is 0.0233. The second kappa shape index (κ2) is 13.7. The minimum Gasteiger partial charge on any atom is -0.465 e. The molecule has 4 amide bonds. The molecule has 1 aliphatic rings. The smallest absolute Gasteiger partial charge is 0.337 e. The van der Waals surface area contributed by atoms with Crippen LogP contribution in [0.15, 0.2) is 120 Å². The summed E-state index contributed by atoms with van der Waals surface area (Å²) in [6.45, 7) is 0. The summed E-state index contributed by atoms with van der Waals surface area (Å²) < 4.78 is 4.69. The molecule has 220 valence electrons. The fourth-order valence-electron chi connectivity index (χ4n) is 4.47. The highest BCUT2D eigenvalue weighted by atomic mass is 32.2. The van der Waals surface area contributed by atoms with E-state index >= 15 is 0 Å². The van der Waals surface area contributed by atoms with E-state index in [1.54, 1.807) is 60.7 Å². The maximum atomic E-state index is 13.3. The highest BCUT2D eigenvalue weighted by Gasteiger charge is 2.40. The van der Waals surface area contributed by atoms with Gasteiger partial charge in [0.25, 0.3) is 11.8 Å². The molecule has 9 nitrogen and oxygen atoms in total. The van der Waals surface area contributed by atoms with E-state index in [4.69, 9.17) is 4.74 Å². The van der Waals surface area contributed by atoms with Crippen LogP contribution in [0.1, 0.15) is 32.7 Å². The van der Waals surface area contributed by atoms with Crippen LogP contribution in [0.5, 0.6) is 0 Å². The zero-order valence-electron chi connectivity index (χ0n) is 23.6. The molecule has 10 heteroatoms. The van der Waals surface area contributed by atoms with Crippen LogP contribution in [0.4, 0.5) is 11.4 Å². The highest BCUT2D eigenvalue weighted by molar-refractivity contribution is 8.00. The SMILES string of the molecule is COC(=O)c1ccc(N2C(=O)CC(Sc3ccc(NC(=O)/C(=C/c4ccccc4)NC(=O)c4ccccc4)cc3)C2=O)cc1. The van der Waals surface area contributed by atoms with E-state index in [2.05, 4.69) is 10.6 Å². The molecule has 0 aliphatic carbocycles. The van der Waals surface area contributed by atoms with Crippen LogP contribution in [0.2, 0.25) is 0 Å². The quantitative estimate of drug-likeness (QED) is 0.151. The van der Waals surface area contributed by atoms with Gasteiger partial charge in [-0.3, -0.25) is 19.2 Å². The fourth-order valence-corrected chi connectivity index (χ4v) is 5.52. The number of anilines is 2. The molecule has 1 aliphatic heterocycles. The van der Waals surface area contributed by atoms with Gasteiger partial charge in [-0.25, -0.2) is 9.69 Å². The van der Waals surface area contributed by atoms with Crippen LogP contribution in [0, 0.1) is 0 Å². The number of ether oxygens (including phenoxy) is 1. The lowest BCUT2D eigenvalue weighted by Gasteiger charge is -2.15. The molecule has 1 heterocycles. The molecule has 5 rings (SSSR count). The maximum absolute atomic E-state index is 13.3. The van der Waals surface area contributed by atoms with Gasteiger partial charge in [-0.15, -0.1) is 11.8 Å². The lowest BCUT2D eigenvalue weighted by atomic mass is 10.1. The summed E-state index contributed by atoms with van der Waals surface area (Å²) in [6, 6.07) is 30.7. The second-order valence-electron chi connectivity index (χ2n) is 9.68. The monoisotopic (exact) mass is 605 g/mol. The number of amides is 4. The van der Waals surface area contributed by atoms with E-state index in [1.807, 2.05) is 30.3 Å². The summed E-state index contributed by atoms with van der Waals surface area (Å²) in [5, 5.41) is 4.89. The molecule has 1 atom stereocenters. The topological polar surface area (TPSA) is 122 Å². The van der Waals surface area contributed by atoms with E-state index in [0.29, 0.717) is 22.5 Å². The number of methoxy groups -OCH3 is 1. The zero-order chi connectivity index (χ0) is 31.1. The summed E-state index contributed by atoms with van der Waals surface area (Å²) in [4.78, 5) is 65.5. The van der Waals surface area contributed by atoms with Crippen LogP contribution in [0.25, 0.3) is 6.08 Å². The van der Waals surface area contributed by atoms with E-state index in [-0.39, 0.29) is 23.9 Å². The van der Waals surface area contributed by atoms with Gasteiger partial charge in [-0.2, -0.15) is 0 Å². The lowest BCUT2D eigenvalue weighted by Crippen LogP contribution is -2.31. The predicted molar refractivity (Wildman–Crippen MR) is 168 cm³/mol. The van der Waals surface area contributed by atoms with Gasteiger partial charge in [0.1, 0.15) is 5.70 Å². The number of imide groups is 1. The average Bonchev–Trinajstić information content (AvgIpc) is 3.33. The fraction of sp³-hybridized carbons (Fsp3) is 0.0882. The number of esters is 1. The van der Waals surface area contributed by atoms with E-state index in [0.717, 1.165) is 15.4 Å². The maximum Gasteiger partial charge on any atom is 0.337 e. The third-order valence-electron chi connectivity index (χ3n) is 6.68. The molecule has 0 spiro atoms. The van der Waals surface area contributed by atoms with E-state index in [9.17, 15) is 24.0 Å². The number of hydrogen-bond donors (Lipinski definition) is 2. The number of rotatable bonds is 9. The third-order valence-corrected chi connectivity index (χ3v) is 7.88. The third kappa shape index (κ3) is 7.11. The molecule has 1 fully saturated rings. The minimum atomic E-state index is -0.628. The van der Waals surface area contributed by atoms with Crippen molar-refractivity contribution in [2.24, 2.45) is 0 Å². The van der Waals surface area contributed by atoms with Crippen molar-refractivity contribution in [2.45, 2.75) is 16.6 Å². The molecular weight excluding hydrogens is 578 g/mol. The first-order valence-electron chi connectivity index (χ1n) is 13.6. The van der Waals surface area contributed by atoms with Gasteiger partial charge < -0.3 is 15.4 Å². The van der Waals surface area contributed by atoms with Crippen molar-refractivity contribution < 1.29 is 28.7 Å². The molecule has 0 saturated carbocycles. The Labute approximate surface area is 257 Å². The van der Waals surface area contributed by atoms with Gasteiger partial charge >= 0.3 is 5.97 Å². The van der Waals surface area contributed by atoms with E-state index in [1.165, 1.54) is 43.1 Å². The van der Waals surface area contributed by atoms with E-state index < -0.39 is 23.0 Å². The van der Waals surface area contributed by atoms with Crippen molar-refractivity contribution in [3.05, 3.63) is 132 Å². The summed E-state index contributed by atoms with van der Waals surface area (Å²) >= 11 is 1.25. The van der Waals surface area contributed by atoms with Gasteiger partial charge in [0.05, 0.1) is 23.6 Å². The number of benzene rings is 4.